The van der Waals surface area contributed by atoms with Gasteiger partial charge in [-0.05, 0) is 22.5 Å². The third-order valence-electron chi connectivity index (χ3n) is 3.16. The monoisotopic (exact) mass is 248 g/mol. The summed E-state index contributed by atoms with van der Waals surface area (Å²) in [5.74, 6) is -0.125. The summed E-state index contributed by atoms with van der Waals surface area (Å²) in [7, 11) is 0. The Morgan fingerprint density at radius 2 is 1.67 bits per heavy atom. The SMILES string of the molecule is CC(C)C(O)C(=O)Cc1ccc(C(C)(C)C)cc1. The Morgan fingerprint density at radius 3 is 2.06 bits per heavy atom. The third kappa shape index (κ3) is 3.95. The molecule has 100 valence electrons. The number of aliphatic hydroxyl groups excluding tert-OH is 1. The Hall–Kier alpha value is -1.15. The standard InChI is InChI=1S/C16H24O2/c1-11(2)15(18)14(17)10-12-6-8-13(9-7-12)16(3,4)5/h6-9,11,15,18H,10H2,1-5H3. The van der Waals surface area contributed by atoms with Crippen molar-refractivity contribution >= 4 is 5.78 Å². The molecule has 0 amide bonds. The lowest BCUT2D eigenvalue weighted by molar-refractivity contribution is -0.128. The van der Waals surface area contributed by atoms with Crippen molar-refractivity contribution in [2.45, 2.75) is 52.6 Å². The molecule has 0 aliphatic carbocycles. The molecular weight excluding hydrogens is 224 g/mol. The van der Waals surface area contributed by atoms with Gasteiger partial charge in [0, 0.05) is 6.42 Å². The second-order valence-corrected chi connectivity index (χ2v) is 6.28. The van der Waals surface area contributed by atoms with Gasteiger partial charge in [0.1, 0.15) is 6.10 Å². The number of ketones is 1. The average Bonchev–Trinajstić information content (AvgIpc) is 2.27. The second kappa shape index (κ2) is 5.66. The lowest BCUT2D eigenvalue weighted by atomic mass is 9.86. The van der Waals surface area contributed by atoms with Crippen LogP contribution in [-0.2, 0) is 16.6 Å². The van der Waals surface area contributed by atoms with Gasteiger partial charge in [0.15, 0.2) is 5.78 Å². The first-order valence-corrected chi connectivity index (χ1v) is 6.52. The lowest BCUT2D eigenvalue weighted by Crippen LogP contribution is -2.27. The van der Waals surface area contributed by atoms with E-state index in [2.05, 4.69) is 32.9 Å². The summed E-state index contributed by atoms with van der Waals surface area (Å²) in [6.45, 7) is 10.2. The molecule has 1 rings (SSSR count). The van der Waals surface area contributed by atoms with Gasteiger partial charge in [0.25, 0.3) is 0 Å². The normalized spacial score (nSPS) is 13.7. The zero-order chi connectivity index (χ0) is 13.9. The molecule has 1 unspecified atom stereocenters. The number of rotatable bonds is 4. The van der Waals surface area contributed by atoms with Crippen LogP contribution in [0.15, 0.2) is 24.3 Å². The van der Waals surface area contributed by atoms with E-state index in [0.717, 1.165) is 5.56 Å². The summed E-state index contributed by atoms with van der Waals surface area (Å²) in [5, 5.41) is 9.69. The summed E-state index contributed by atoms with van der Waals surface area (Å²) in [6, 6.07) is 8.08. The van der Waals surface area contributed by atoms with Gasteiger partial charge in [-0.3, -0.25) is 4.79 Å². The Bertz CT molecular complexity index is 396. The van der Waals surface area contributed by atoms with Crippen LogP contribution in [0.3, 0.4) is 0 Å². The molecule has 0 fully saturated rings. The van der Waals surface area contributed by atoms with Crippen molar-refractivity contribution in [2.75, 3.05) is 0 Å². The van der Waals surface area contributed by atoms with Crippen LogP contribution in [0.5, 0.6) is 0 Å². The molecule has 0 aliphatic heterocycles. The number of aliphatic hydroxyl groups is 1. The molecule has 0 heterocycles. The Labute approximate surface area is 110 Å². The Kier molecular flexibility index (Phi) is 4.69. The molecule has 1 aromatic rings. The highest BCUT2D eigenvalue weighted by Crippen LogP contribution is 2.22. The van der Waals surface area contributed by atoms with E-state index in [0.29, 0.717) is 6.42 Å². The maximum absolute atomic E-state index is 11.8. The number of Topliss-reactive ketones (excluding diaryl/α,β-unsaturated/α-hetero) is 1. The fourth-order valence-corrected chi connectivity index (χ4v) is 1.80. The van der Waals surface area contributed by atoms with Crippen LogP contribution in [0.1, 0.15) is 45.7 Å². The van der Waals surface area contributed by atoms with Crippen molar-refractivity contribution in [1.29, 1.82) is 0 Å². The molecule has 0 saturated carbocycles. The summed E-state index contributed by atoms with van der Waals surface area (Å²) in [5.41, 5.74) is 2.34. The van der Waals surface area contributed by atoms with Crippen LogP contribution in [0, 0.1) is 5.92 Å². The highest BCUT2D eigenvalue weighted by Gasteiger charge is 2.19. The van der Waals surface area contributed by atoms with Gasteiger partial charge in [-0.15, -0.1) is 0 Å². The fourth-order valence-electron chi connectivity index (χ4n) is 1.80. The average molecular weight is 248 g/mol. The van der Waals surface area contributed by atoms with Gasteiger partial charge < -0.3 is 5.11 Å². The van der Waals surface area contributed by atoms with Gasteiger partial charge >= 0.3 is 0 Å². The summed E-state index contributed by atoms with van der Waals surface area (Å²) < 4.78 is 0. The van der Waals surface area contributed by atoms with Gasteiger partial charge in [-0.1, -0.05) is 58.9 Å². The van der Waals surface area contributed by atoms with Gasteiger partial charge in [-0.2, -0.15) is 0 Å². The minimum atomic E-state index is -0.854. The van der Waals surface area contributed by atoms with Crippen LogP contribution < -0.4 is 0 Å². The molecule has 2 nitrogen and oxygen atoms in total. The summed E-state index contributed by atoms with van der Waals surface area (Å²) in [4.78, 5) is 11.8. The Morgan fingerprint density at radius 1 is 1.17 bits per heavy atom. The van der Waals surface area contributed by atoms with E-state index in [-0.39, 0.29) is 17.1 Å². The van der Waals surface area contributed by atoms with Crippen LogP contribution in [0.4, 0.5) is 0 Å². The topological polar surface area (TPSA) is 37.3 Å². The van der Waals surface area contributed by atoms with E-state index < -0.39 is 6.10 Å². The first-order chi connectivity index (χ1) is 8.21. The predicted molar refractivity (Wildman–Crippen MR) is 74.7 cm³/mol. The highest BCUT2D eigenvalue weighted by molar-refractivity contribution is 5.85. The van der Waals surface area contributed by atoms with E-state index in [9.17, 15) is 9.90 Å². The van der Waals surface area contributed by atoms with Crippen molar-refractivity contribution < 1.29 is 9.90 Å². The number of hydrogen-bond acceptors (Lipinski definition) is 2. The Balaban J connectivity index is 2.73. The minimum absolute atomic E-state index is 0.0219. The quantitative estimate of drug-likeness (QED) is 0.889. The molecule has 1 aromatic carbocycles. The van der Waals surface area contributed by atoms with Crippen LogP contribution in [0.2, 0.25) is 0 Å². The minimum Gasteiger partial charge on any atom is -0.385 e. The second-order valence-electron chi connectivity index (χ2n) is 6.28. The number of benzene rings is 1. The largest absolute Gasteiger partial charge is 0.385 e. The molecule has 0 saturated heterocycles. The lowest BCUT2D eigenvalue weighted by Gasteiger charge is -2.19. The van der Waals surface area contributed by atoms with Crippen molar-refractivity contribution in [2.24, 2.45) is 5.92 Å². The van der Waals surface area contributed by atoms with E-state index in [1.54, 1.807) is 0 Å². The smallest absolute Gasteiger partial charge is 0.165 e. The molecule has 0 bridgehead atoms. The fraction of sp³-hybridized carbons (Fsp3) is 0.562. The zero-order valence-electron chi connectivity index (χ0n) is 12.0. The van der Waals surface area contributed by atoms with Crippen molar-refractivity contribution in [3.8, 4) is 0 Å². The van der Waals surface area contributed by atoms with Crippen molar-refractivity contribution in [3.05, 3.63) is 35.4 Å². The molecule has 0 aromatic heterocycles. The van der Waals surface area contributed by atoms with Gasteiger partial charge in [0.2, 0.25) is 0 Å². The van der Waals surface area contributed by atoms with Crippen LogP contribution >= 0.6 is 0 Å². The molecular formula is C16H24O2. The molecule has 2 heteroatoms. The van der Waals surface area contributed by atoms with Crippen molar-refractivity contribution in [1.82, 2.24) is 0 Å². The first kappa shape index (κ1) is 14.9. The first-order valence-electron chi connectivity index (χ1n) is 6.52. The molecule has 0 radical (unpaired) electrons. The highest BCUT2D eigenvalue weighted by atomic mass is 16.3. The molecule has 0 aliphatic rings. The van der Waals surface area contributed by atoms with Crippen LogP contribution in [-0.4, -0.2) is 17.0 Å². The van der Waals surface area contributed by atoms with E-state index in [4.69, 9.17) is 0 Å². The maximum Gasteiger partial charge on any atom is 0.165 e. The molecule has 1 N–H and O–H groups in total. The number of carbonyl (C=O) groups is 1. The molecule has 1 atom stereocenters. The van der Waals surface area contributed by atoms with E-state index >= 15 is 0 Å². The van der Waals surface area contributed by atoms with Crippen molar-refractivity contribution in [3.63, 3.8) is 0 Å². The summed E-state index contributed by atoms with van der Waals surface area (Å²) in [6.07, 6.45) is -0.545. The van der Waals surface area contributed by atoms with Gasteiger partial charge in [-0.25, -0.2) is 0 Å². The molecule has 18 heavy (non-hydrogen) atoms. The third-order valence-corrected chi connectivity index (χ3v) is 3.16. The van der Waals surface area contributed by atoms with Crippen LogP contribution in [0.25, 0.3) is 0 Å². The number of carbonyl (C=O) groups excluding carboxylic acids is 1. The maximum atomic E-state index is 11.8. The van der Waals surface area contributed by atoms with Gasteiger partial charge in [0.05, 0.1) is 0 Å². The van der Waals surface area contributed by atoms with E-state index in [1.807, 2.05) is 26.0 Å². The van der Waals surface area contributed by atoms with E-state index in [1.165, 1.54) is 5.56 Å². The predicted octanol–water partition coefficient (Wildman–Crippen LogP) is 3.11. The molecule has 0 spiro atoms. The summed E-state index contributed by atoms with van der Waals surface area (Å²) >= 11 is 0. The number of hydrogen-bond donors (Lipinski definition) is 1. The zero-order valence-corrected chi connectivity index (χ0v) is 12.0.